The first kappa shape index (κ1) is 13.0. The molecule has 1 heterocycles. The number of rotatable bonds is 2. The molecule has 3 heteroatoms. The van der Waals surface area contributed by atoms with E-state index in [0.29, 0.717) is 12.3 Å². The van der Waals surface area contributed by atoms with Crippen LogP contribution in [0.2, 0.25) is 0 Å². The van der Waals surface area contributed by atoms with Gasteiger partial charge in [-0.15, -0.1) is 0 Å². The Balaban J connectivity index is 2.15. The minimum absolute atomic E-state index is 0.240. The quantitative estimate of drug-likeness (QED) is 0.905. The third kappa shape index (κ3) is 2.89. The zero-order valence-corrected chi connectivity index (χ0v) is 12.3. The minimum atomic E-state index is -0.593. The van der Waals surface area contributed by atoms with Crippen LogP contribution in [0, 0.1) is 11.3 Å². The van der Waals surface area contributed by atoms with Gasteiger partial charge in [-0.25, -0.2) is 0 Å². The Kier molecular flexibility index (Phi) is 3.34. The van der Waals surface area contributed by atoms with E-state index < -0.39 is 5.60 Å². The van der Waals surface area contributed by atoms with Crippen molar-refractivity contribution in [1.29, 1.82) is 0 Å². The summed E-state index contributed by atoms with van der Waals surface area (Å²) in [6.45, 7) is 6.61. The van der Waals surface area contributed by atoms with E-state index in [1.165, 1.54) is 0 Å². The highest BCUT2D eigenvalue weighted by Gasteiger charge is 2.47. The summed E-state index contributed by atoms with van der Waals surface area (Å²) in [7, 11) is 0. The van der Waals surface area contributed by atoms with Gasteiger partial charge in [-0.1, -0.05) is 20.8 Å². The molecule has 17 heavy (non-hydrogen) atoms. The van der Waals surface area contributed by atoms with E-state index in [1.807, 2.05) is 12.1 Å². The van der Waals surface area contributed by atoms with Gasteiger partial charge in [0.05, 0.1) is 5.60 Å². The average molecular weight is 298 g/mol. The third-order valence-corrected chi connectivity index (χ3v) is 4.31. The van der Waals surface area contributed by atoms with E-state index in [1.54, 1.807) is 6.20 Å². The van der Waals surface area contributed by atoms with Gasteiger partial charge >= 0.3 is 0 Å². The molecule has 1 saturated carbocycles. The van der Waals surface area contributed by atoms with Crippen molar-refractivity contribution >= 4 is 15.9 Å². The molecule has 1 aromatic heterocycles. The Morgan fingerprint density at radius 1 is 1.47 bits per heavy atom. The molecule has 94 valence electrons. The standard InChI is InChI=1S/C14H20BrNO/c1-10-6-13(2,3)9-14(10,17)7-12-5-4-11(15)8-16-12/h4-5,8,10,17H,6-7,9H2,1-3H3. The molecule has 2 nitrogen and oxygen atoms in total. The molecule has 1 aliphatic carbocycles. The van der Waals surface area contributed by atoms with Crippen LogP contribution in [0.3, 0.4) is 0 Å². The lowest BCUT2D eigenvalue weighted by Crippen LogP contribution is -2.35. The van der Waals surface area contributed by atoms with Crippen molar-refractivity contribution in [2.75, 3.05) is 0 Å². The van der Waals surface area contributed by atoms with Crippen LogP contribution in [0.4, 0.5) is 0 Å². The smallest absolute Gasteiger partial charge is 0.0733 e. The fourth-order valence-corrected chi connectivity index (χ4v) is 3.39. The lowest BCUT2D eigenvalue weighted by atomic mass is 9.86. The monoisotopic (exact) mass is 297 g/mol. The van der Waals surface area contributed by atoms with E-state index in [0.717, 1.165) is 23.0 Å². The van der Waals surface area contributed by atoms with Crippen molar-refractivity contribution in [2.24, 2.45) is 11.3 Å². The highest BCUT2D eigenvalue weighted by Crippen LogP contribution is 2.48. The van der Waals surface area contributed by atoms with Crippen molar-refractivity contribution in [3.05, 3.63) is 28.5 Å². The number of hydrogen-bond acceptors (Lipinski definition) is 2. The number of hydrogen-bond donors (Lipinski definition) is 1. The van der Waals surface area contributed by atoms with Crippen molar-refractivity contribution in [3.63, 3.8) is 0 Å². The van der Waals surface area contributed by atoms with Crippen LogP contribution in [-0.2, 0) is 6.42 Å². The van der Waals surface area contributed by atoms with E-state index >= 15 is 0 Å². The van der Waals surface area contributed by atoms with Crippen LogP contribution in [0.5, 0.6) is 0 Å². The van der Waals surface area contributed by atoms with E-state index in [9.17, 15) is 5.11 Å². The average Bonchev–Trinajstić information content (AvgIpc) is 2.39. The van der Waals surface area contributed by atoms with Gasteiger partial charge in [-0.2, -0.15) is 0 Å². The highest BCUT2D eigenvalue weighted by molar-refractivity contribution is 9.10. The predicted octanol–water partition coefficient (Wildman–Crippen LogP) is 3.57. The summed E-state index contributed by atoms with van der Waals surface area (Å²) >= 11 is 3.38. The Bertz CT molecular complexity index is 401. The van der Waals surface area contributed by atoms with Gasteiger partial charge in [-0.3, -0.25) is 4.98 Å². The Labute approximate surface area is 112 Å². The summed E-state index contributed by atoms with van der Waals surface area (Å²) in [5, 5.41) is 10.8. The Hall–Kier alpha value is -0.410. The van der Waals surface area contributed by atoms with Gasteiger partial charge in [0.1, 0.15) is 0 Å². The lowest BCUT2D eigenvalue weighted by molar-refractivity contribution is 0.00360. The molecule has 2 atom stereocenters. The van der Waals surface area contributed by atoms with Crippen molar-refractivity contribution in [1.82, 2.24) is 4.98 Å². The molecule has 1 N–H and O–H groups in total. The minimum Gasteiger partial charge on any atom is -0.389 e. The molecule has 1 aliphatic rings. The van der Waals surface area contributed by atoms with E-state index in [4.69, 9.17) is 0 Å². The predicted molar refractivity (Wildman–Crippen MR) is 72.8 cm³/mol. The zero-order valence-electron chi connectivity index (χ0n) is 10.7. The zero-order chi connectivity index (χ0) is 12.7. The summed E-state index contributed by atoms with van der Waals surface area (Å²) in [5.41, 5.74) is 0.619. The molecule has 2 rings (SSSR count). The van der Waals surface area contributed by atoms with Crippen LogP contribution in [0.1, 0.15) is 39.3 Å². The van der Waals surface area contributed by atoms with Crippen molar-refractivity contribution in [2.45, 2.75) is 45.6 Å². The molecule has 0 amide bonds. The normalized spacial score (nSPS) is 31.7. The molecule has 0 saturated heterocycles. The van der Waals surface area contributed by atoms with Crippen molar-refractivity contribution < 1.29 is 5.11 Å². The summed E-state index contributed by atoms with van der Waals surface area (Å²) < 4.78 is 0.980. The summed E-state index contributed by atoms with van der Waals surface area (Å²) in [6.07, 6.45) is 4.40. The van der Waals surface area contributed by atoms with Crippen LogP contribution in [0.25, 0.3) is 0 Å². The highest BCUT2D eigenvalue weighted by atomic mass is 79.9. The topological polar surface area (TPSA) is 33.1 Å². The lowest BCUT2D eigenvalue weighted by Gasteiger charge is -2.28. The summed E-state index contributed by atoms with van der Waals surface area (Å²) in [6, 6.07) is 3.97. The molecule has 0 bridgehead atoms. The first-order chi connectivity index (χ1) is 7.81. The van der Waals surface area contributed by atoms with E-state index in [2.05, 4.69) is 41.7 Å². The maximum atomic E-state index is 10.8. The van der Waals surface area contributed by atoms with E-state index in [-0.39, 0.29) is 5.41 Å². The number of nitrogens with zero attached hydrogens (tertiary/aromatic N) is 1. The molecule has 0 spiro atoms. The van der Waals surface area contributed by atoms with Crippen LogP contribution in [-0.4, -0.2) is 15.7 Å². The summed E-state index contributed by atoms with van der Waals surface area (Å²) in [4.78, 5) is 4.36. The fourth-order valence-electron chi connectivity index (χ4n) is 3.16. The van der Waals surface area contributed by atoms with Crippen LogP contribution in [0.15, 0.2) is 22.8 Å². The van der Waals surface area contributed by atoms with Crippen molar-refractivity contribution in [3.8, 4) is 0 Å². The maximum absolute atomic E-state index is 10.8. The third-order valence-electron chi connectivity index (χ3n) is 3.84. The molecule has 0 aliphatic heterocycles. The van der Waals surface area contributed by atoms with Gasteiger partial charge in [-0.05, 0) is 52.2 Å². The van der Waals surface area contributed by atoms with Gasteiger partial charge in [0.25, 0.3) is 0 Å². The number of halogens is 1. The van der Waals surface area contributed by atoms with Gasteiger partial charge in [0.2, 0.25) is 0 Å². The molecule has 1 fully saturated rings. The Morgan fingerprint density at radius 3 is 2.65 bits per heavy atom. The Morgan fingerprint density at radius 2 is 2.18 bits per heavy atom. The first-order valence-electron chi connectivity index (χ1n) is 6.14. The second kappa shape index (κ2) is 4.36. The number of aliphatic hydroxyl groups is 1. The molecular weight excluding hydrogens is 278 g/mol. The molecular formula is C14H20BrNO. The molecule has 2 unspecified atom stereocenters. The fraction of sp³-hybridized carbons (Fsp3) is 0.643. The molecule has 0 aromatic carbocycles. The maximum Gasteiger partial charge on any atom is 0.0733 e. The SMILES string of the molecule is CC1CC(C)(C)CC1(O)Cc1ccc(Br)cn1. The second-order valence-corrected chi connectivity index (χ2v) is 7.11. The number of aromatic nitrogens is 1. The van der Waals surface area contributed by atoms with Gasteiger partial charge < -0.3 is 5.11 Å². The molecule has 1 aromatic rings. The number of pyridine rings is 1. The first-order valence-corrected chi connectivity index (χ1v) is 6.93. The van der Waals surface area contributed by atoms with Gasteiger partial charge in [0.15, 0.2) is 0 Å². The van der Waals surface area contributed by atoms with Gasteiger partial charge in [0, 0.05) is 22.8 Å². The molecule has 0 radical (unpaired) electrons. The summed E-state index contributed by atoms with van der Waals surface area (Å²) in [5.74, 6) is 0.336. The van der Waals surface area contributed by atoms with Crippen LogP contribution >= 0.6 is 15.9 Å². The second-order valence-electron chi connectivity index (χ2n) is 6.19. The van der Waals surface area contributed by atoms with Crippen LogP contribution < -0.4 is 0 Å². The largest absolute Gasteiger partial charge is 0.389 e.